The summed E-state index contributed by atoms with van der Waals surface area (Å²) in [5.74, 6) is 0.460. The number of carbonyl (C=O) groups is 1. The highest BCUT2D eigenvalue weighted by Crippen LogP contribution is 2.41. The van der Waals surface area contributed by atoms with Crippen molar-refractivity contribution < 1.29 is 13.6 Å². The second kappa shape index (κ2) is 9.52. The standard InChI is InChI=1S/C22H36N2O3Si/c1-17(13-11-9-10-12-14-18-15-24-16-26-18)19(22(5,6)20(23)25)27-28(7,8)21(2,3)4/h9-13,15-16,19H,14H2,1-8H3,(H2,23,25)/b11-9-,12-10+,17-13-/t19-/m1/s1. The van der Waals surface area contributed by atoms with Crippen molar-refractivity contribution in [2.24, 2.45) is 11.1 Å². The lowest BCUT2D eigenvalue weighted by Crippen LogP contribution is -2.52. The van der Waals surface area contributed by atoms with Crippen LogP contribution in [0.2, 0.25) is 18.1 Å². The number of nitrogens with zero attached hydrogens (tertiary/aromatic N) is 1. The Hall–Kier alpha value is -1.92. The van der Waals surface area contributed by atoms with Gasteiger partial charge in [0, 0.05) is 6.42 Å². The van der Waals surface area contributed by atoms with Crippen LogP contribution < -0.4 is 5.73 Å². The molecule has 1 heterocycles. The molecule has 156 valence electrons. The summed E-state index contributed by atoms with van der Waals surface area (Å²) in [5.41, 5.74) is 5.88. The average Bonchev–Trinajstić information content (AvgIpc) is 3.07. The normalized spacial score (nSPS) is 15.5. The van der Waals surface area contributed by atoms with Crippen molar-refractivity contribution >= 4 is 14.2 Å². The predicted octanol–water partition coefficient (Wildman–Crippen LogP) is 5.18. The molecule has 0 saturated heterocycles. The Labute approximate surface area is 170 Å². The minimum atomic E-state index is -2.08. The minimum Gasteiger partial charge on any atom is -0.448 e. The summed E-state index contributed by atoms with van der Waals surface area (Å²) in [4.78, 5) is 16.0. The van der Waals surface area contributed by atoms with Gasteiger partial charge in [-0.05, 0) is 44.5 Å². The monoisotopic (exact) mass is 404 g/mol. The van der Waals surface area contributed by atoms with Crippen LogP contribution in [0.25, 0.3) is 0 Å². The number of aromatic nitrogens is 1. The molecule has 1 amide bonds. The first kappa shape index (κ1) is 24.1. The van der Waals surface area contributed by atoms with Crippen LogP contribution in [0.1, 0.15) is 47.3 Å². The van der Waals surface area contributed by atoms with Crippen molar-refractivity contribution in [2.75, 3.05) is 0 Å². The number of nitrogens with two attached hydrogens (primary N) is 1. The molecule has 2 N–H and O–H groups in total. The lowest BCUT2D eigenvalue weighted by molar-refractivity contribution is -0.130. The molecule has 0 unspecified atom stereocenters. The van der Waals surface area contributed by atoms with E-state index in [9.17, 15) is 4.79 Å². The summed E-state index contributed by atoms with van der Waals surface area (Å²) < 4.78 is 11.8. The number of oxazole rings is 1. The summed E-state index contributed by atoms with van der Waals surface area (Å²) in [7, 11) is -2.08. The third kappa shape index (κ3) is 6.60. The van der Waals surface area contributed by atoms with E-state index in [1.165, 1.54) is 6.39 Å². The number of carbonyl (C=O) groups excluding carboxylic acids is 1. The maximum absolute atomic E-state index is 12.1. The number of amides is 1. The molecule has 1 rings (SSSR count). The molecule has 0 radical (unpaired) electrons. The van der Waals surface area contributed by atoms with Gasteiger partial charge in [-0.25, -0.2) is 4.98 Å². The fourth-order valence-electron chi connectivity index (χ4n) is 2.37. The molecule has 0 saturated carbocycles. The van der Waals surface area contributed by atoms with Gasteiger partial charge in [-0.15, -0.1) is 0 Å². The van der Waals surface area contributed by atoms with E-state index < -0.39 is 13.7 Å². The lowest BCUT2D eigenvalue weighted by Gasteiger charge is -2.43. The van der Waals surface area contributed by atoms with Crippen LogP contribution in [0.5, 0.6) is 0 Å². The van der Waals surface area contributed by atoms with Gasteiger partial charge in [0.2, 0.25) is 5.91 Å². The lowest BCUT2D eigenvalue weighted by atomic mass is 9.82. The predicted molar refractivity (Wildman–Crippen MR) is 117 cm³/mol. The van der Waals surface area contributed by atoms with Gasteiger partial charge in [0.15, 0.2) is 14.7 Å². The van der Waals surface area contributed by atoms with E-state index in [-0.39, 0.29) is 17.0 Å². The smallest absolute Gasteiger partial charge is 0.226 e. The first-order valence-electron chi connectivity index (χ1n) is 9.64. The van der Waals surface area contributed by atoms with Gasteiger partial charge < -0.3 is 14.6 Å². The van der Waals surface area contributed by atoms with Crippen molar-refractivity contribution in [1.82, 2.24) is 4.98 Å². The van der Waals surface area contributed by atoms with Crippen LogP contribution >= 0.6 is 0 Å². The maximum Gasteiger partial charge on any atom is 0.226 e. The van der Waals surface area contributed by atoms with Gasteiger partial charge in [-0.3, -0.25) is 4.79 Å². The highest BCUT2D eigenvalue weighted by atomic mass is 28.4. The largest absolute Gasteiger partial charge is 0.448 e. The molecule has 1 aromatic heterocycles. The Kier molecular flexibility index (Phi) is 8.20. The van der Waals surface area contributed by atoms with Crippen LogP contribution in [0, 0.1) is 5.41 Å². The van der Waals surface area contributed by atoms with Crippen molar-refractivity contribution in [1.29, 1.82) is 0 Å². The van der Waals surface area contributed by atoms with Crippen LogP contribution in [0.15, 0.2) is 53.0 Å². The third-order valence-corrected chi connectivity index (χ3v) is 9.88. The maximum atomic E-state index is 12.1. The molecule has 0 aromatic carbocycles. The zero-order valence-corrected chi connectivity index (χ0v) is 19.6. The zero-order valence-electron chi connectivity index (χ0n) is 18.6. The Morgan fingerprint density at radius 2 is 1.89 bits per heavy atom. The molecule has 1 aromatic rings. The molecule has 0 aliphatic carbocycles. The van der Waals surface area contributed by atoms with Gasteiger partial charge >= 0.3 is 0 Å². The molecular formula is C22H36N2O3Si. The first-order valence-corrected chi connectivity index (χ1v) is 12.5. The van der Waals surface area contributed by atoms with E-state index in [4.69, 9.17) is 14.6 Å². The van der Waals surface area contributed by atoms with E-state index in [0.717, 1.165) is 11.3 Å². The van der Waals surface area contributed by atoms with E-state index in [1.54, 1.807) is 6.20 Å². The van der Waals surface area contributed by atoms with Gasteiger partial charge in [0.05, 0.1) is 17.7 Å². The summed E-state index contributed by atoms with van der Waals surface area (Å²) >= 11 is 0. The molecular weight excluding hydrogens is 368 g/mol. The molecule has 0 aliphatic rings. The van der Waals surface area contributed by atoms with Crippen molar-refractivity contribution in [3.05, 3.63) is 54.3 Å². The minimum absolute atomic E-state index is 0.0402. The summed E-state index contributed by atoms with van der Waals surface area (Å²) in [6.45, 7) is 16.6. The highest BCUT2D eigenvalue weighted by molar-refractivity contribution is 6.74. The Balaban J connectivity index is 2.96. The number of hydrogen-bond donors (Lipinski definition) is 1. The van der Waals surface area contributed by atoms with Gasteiger partial charge in [-0.1, -0.05) is 51.2 Å². The van der Waals surface area contributed by atoms with Crippen LogP contribution in [-0.4, -0.2) is 25.3 Å². The van der Waals surface area contributed by atoms with Crippen LogP contribution in [-0.2, 0) is 15.6 Å². The molecule has 1 atom stereocenters. The van der Waals surface area contributed by atoms with Crippen molar-refractivity contribution in [2.45, 2.75) is 72.2 Å². The van der Waals surface area contributed by atoms with Crippen molar-refractivity contribution in [3.63, 3.8) is 0 Å². The molecule has 0 fully saturated rings. The second-order valence-electron chi connectivity index (χ2n) is 9.24. The molecule has 0 spiro atoms. The van der Waals surface area contributed by atoms with Gasteiger partial charge in [0.1, 0.15) is 5.76 Å². The number of primary amides is 1. The average molecular weight is 405 g/mol. The third-order valence-electron chi connectivity index (χ3n) is 5.44. The van der Waals surface area contributed by atoms with E-state index in [1.807, 2.05) is 51.2 Å². The van der Waals surface area contributed by atoms with Gasteiger partial charge in [-0.2, -0.15) is 0 Å². The van der Waals surface area contributed by atoms with E-state index in [0.29, 0.717) is 6.42 Å². The summed E-state index contributed by atoms with van der Waals surface area (Å²) in [5, 5.41) is 0.0402. The highest BCUT2D eigenvalue weighted by Gasteiger charge is 2.45. The topological polar surface area (TPSA) is 78.3 Å². The number of allylic oxidation sites excluding steroid dienone is 5. The zero-order chi connectivity index (χ0) is 21.6. The number of rotatable bonds is 9. The number of hydrogen-bond acceptors (Lipinski definition) is 4. The fourth-order valence-corrected chi connectivity index (χ4v) is 3.80. The van der Waals surface area contributed by atoms with Crippen LogP contribution in [0.4, 0.5) is 0 Å². The summed E-state index contributed by atoms with van der Waals surface area (Å²) in [6, 6.07) is 0. The Bertz CT molecular complexity index is 723. The molecule has 6 heteroatoms. The first-order chi connectivity index (χ1) is 12.8. The second-order valence-corrected chi connectivity index (χ2v) is 14.0. The van der Waals surface area contributed by atoms with Gasteiger partial charge in [0.25, 0.3) is 0 Å². The Morgan fingerprint density at radius 3 is 2.39 bits per heavy atom. The molecule has 0 aliphatic heterocycles. The molecule has 0 bridgehead atoms. The molecule has 28 heavy (non-hydrogen) atoms. The Morgan fingerprint density at radius 1 is 1.25 bits per heavy atom. The molecule has 5 nitrogen and oxygen atoms in total. The van der Waals surface area contributed by atoms with Crippen LogP contribution in [0.3, 0.4) is 0 Å². The van der Waals surface area contributed by atoms with E-state index in [2.05, 4.69) is 38.8 Å². The fraction of sp³-hybridized carbons (Fsp3) is 0.545. The van der Waals surface area contributed by atoms with Crippen molar-refractivity contribution in [3.8, 4) is 0 Å². The van der Waals surface area contributed by atoms with E-state index >= 15 is 0 Å². The SMILES string of the molecule is C/C(=C/C=C\C=C\Cc1cnco1)[C@@H](O[Si](C)(C)C(C)(C)C)C(C)(C)C(N)=O. The quantitative estimate of drug-likeness (QED) is 0.454. The summed E-state index contributed by atoms with van der Waals surface area (Å²) in [6.07, 6.45) is 13.3.